The largest absolute Gasteiger partial charge is 0.332 e. The summed E-state index contributed by atoms with van der Waals surface area (Å²) in [7, 11) is 0. The van der Waals surface area contributed by atoms with E-state index in [1.54, 1.807) is 18.2 Å². The monoisotopic (exact) mass is 377 g/mol. The SMILES string of the molecule is O=C(NC(=S)Nc1ccc(F)c([N+](=O)[O-])c1)c1ccc2nsnc2c1. The van der Waals surface area contributed by atoms with Gasteiger partial charge in [-0.15, -0.1) is 0 Å². The molecule has 3 aromatic rings. The van der Waals surface area contributed by atoms with Crippen LogP contribution in [0.3, 0.4) is 0 Å². The zero-order valence-electron chi connectivity index (χ0n) is 12.2. The number of nitrogens with zero attached hydrogens (tertiary/aromatic N) is 3. The first kappa shape index (κ1) is 16.8. The van der Waals surface area contributed by atoms with Gasteiger partial charge in [0.2, 0.25) is 5.82 Å². The van der Waals surface area contributed by atoms with E-state index in [-0.39, 0.29) is 10.8 Å². The lowest BCUT2D eigenvalue weighted by molar-refractivity contribution is -0.387. The van der Waals surface area contributed by atoms with Gasteiger partial charge in [-0.05, 0) is 42.5 Å². The predicted molar refractivity (Wildman–Crippen MR) is 94.2 cm³/mol. The van der Waals surface area contributed by atoms with E-state index in [4.69, 9.17) is 12.2 Å². The fraction of sp³-hybridized carbons (Fsp3) is 0. The Kier molecular flexibility index (Phi) is 4.59. The average Bonchev–Trinajstić information content (AvgIpc) is 3.03. The summed E-state index contributed by atoms with van der Waals surface area (Å²) < 4.78 is 21.4. The second-order valence-electron chi connectivity index (χ2n) is 4.80. The molecule has 0 spiro atoms. The number of nitrogens with one attached hydrogen (secondary N) is 2. The van der Waals surface area contributed by atoms with Gasteiger partial charge in [-0.25, -0.2) is 0 Å². The summed E-state index contributed by atoms with van der Waals surface area (Å²) in [6.07, 6.45) is 0. The van der Waals surface area contributed by atoms with Gasteiger partial charge in [0.15, 0.2) is 5.11 Å². The lowest BCUT2D eigenvalue weighted by Crippen LogP contribution is -2.34. The zero-order valence-corrected chi connectivity index (χ0v) is 13.9. The number of rotatable bonds is 3. The van der Waals surface area contributed by atoms with Crippen LogP contribution < -0.4 is 10.6 Å². The van der Waals surface area contributed by atoms with Crippen molar-refractivity contribution in [3.8, 4) is 0 Å². The number of nitro groups is 1. The second-order valence-corrected chi connectivity index (χ2v) is 5.74. The van der Waals surface area contributed by atoms with E-state index in [0.29, 0.717) is 16.6 Å². The molecular weight excluding hydrogens is 369 g/mol. The standard InChI is InChI=1S/C14H8FN5O3S2/c15-9-3-2-8(6-12(9)20(22)23)16-14(24)17-13(21)7-1-4-10-11(5-7)19-25-18-10/h1-6H,(H2,16,17,21,24). The molecule has 2 aromatic carbocycles. The van der Waals surface area contributed by atoms with Crippen LogP contribution in [-0.4, -0.2) is 24.7 Å². The molecule has 0 bridgehead atoms. The third kappa shape index (κ3) is 3.72. The summed E-state index contributed by atoms with van der Waals surface area (Å²) in [4.78, 5) is 22.1. The Balaban J connectivity index is 1.70. The molecule has 0 fully saturated rings. The molecule has 11 heteroatoms. The number of hydrogen-bond donors (Lipinski definition) is 2. The number of halogens is 1. The van der Waals surface area contributed by atoms with Crippen LogP contribution in [0.2, 0.25) is 0 Å². The number of hydrogen-bond acceptors (Lipinski definition) is 7. The molecule has 3 rings (SSSR count). The van der Waals surface area contributed by atoms with E-state index >= 15 is 0 Å². The highest BCUT2D eigenvalue weighted by atomic mass is 32.1. The minimum absolute atomic E-state index is 0.0811. The molecule has 1 amide bonds. The third-order valence-corrected chi connectivity index (χ3v) is 3.90. The summed E-state index contributed by atoms with van der Waals surface area (Å²) in [6.45, 7) is 0. The maximum absolute atomic E-state index is 13.3. The van der Waals surface area contributed by atoms with E-state index in [9.17, 15) is 19.3 Å². The minimum Gasteiger partial charge on any atom is -0.332 e. The molecule has 8 nitrogen and oxygen atoms in total. The summed E-state index contributed by atoms with van der Waals surface area (Å²) >= 11 is 6.04. The summed E-state index contributed by atoms with van der Waals surface area (Å²) in [5, 5.41) is 15.7. The number of thiocarbonyl (C=S) groups is 1. The van der Waals surface area contributed by atoms with Crippen molar-refractivity contribution in [1.82, 2.24) is 14.1 Å². The Morgan fingerprint density at radius 1 is 1.20 bits per heavy atom. The van der Waals surface area contributed by atoms with E-state index in [1.807, 2.05) is 0 Å². The van der Waals surface area contributed by atoms with Crippen molar-refractivity contribution in [2.75, 3.05) is 5.32 Å². The third-order valence-electron chi connectivity index (χ3n) is 3.14. The maximum Gasteiger partial charge on any atom is 0.306 e. The topological polar surface area (TPSA) is 110 Å². The molecule has 1 heterocycles. The van der Waals surface area contributed by atoms with Gasteiger partial charge in [-0.1, -0.05) is 0 Å². The Bertz CT molecular complexity index is 1010. The highest BCUT2D eigenvalue weighted by Gasteiger charge is 2.15. The van der Waals surface area contributed by atoms with E-state index in [2.05, 4.69) is 19.4 Å². The molecule has 0 aliphatic carbocycles. The number of benzene rings is 2. The van der Waals surface area contributed by atoms with Crippen molar-refractivity contribution in [3.05, 3.63) is 57.9 Å². The van der Waals surface area contributed by atoms with Gasteiger partial charge in [-0.3, -0.25) is 20.2 Å². The molecule has 1 aromatic heterocycles. The Morgan fingerprint density at radius 3 is 2.72 bits per heavy atom. The van der Waals surface area contributed by atoms with Crippen LogP contribution in [0.25, 0.3) is 11.0 Å². The van der Waals surface area contributed by atoms with Crippen molar-refractivity contribution in [3.63, 3.8) is 0 Å². The van der Waals surface area contributed by atoms with Gasteiger partial charge in [0, 0.05) is 17.3 Å². The van der Waals surface area contributed by atoms with Crippen molar-refractivity contribution < 1.29 is 14.1 Å². The van der Waals surface area contributed by atoms with Crippen LogP contribution in [0.4, 0.5) is 15.8 Å². The lowest BCUT2D eigenvalue weighted by atomic mass is 10.2. The molecule has 0 aliphatic heterocycles. The van der Waals surface area contributed by atoms with Crippen molar-refractivity contribution in [2.24, 2.45) is 0 Å². The smallest absolute Gasteiger partial charge is 0.306 e. The van der Waals surface area contributed by atoms with Gasteiger partial charge in [0.1, 0.15) is 11.0 Å². The first-order chi connectivity index (χ1) is 11.9. The number of aromatic nitrogens is 2. The van der Waals surface area contributed by atoms with E-state index in [0.717, 1.165) is 23.9 Å². The van der Waals surface area contributed by atoms with Crippen LogP contribution >= 0.6 is 23.9 Å². The Labute approximate surface area is 149 Å². The van der Waals surface area contributed by atoms with Crippen molar-refractivity contribution >= 4 is 57.4 Å². The summed E-state index contributed by atoms with van der Waals surface area (Å²) in [5.41, 5.74) is 1.08. The van der Waals surface area contributed by atoms with Gasteiger partial charge < -0.3 is 5.32 Å². The summed E-state index contributed by atoms with van der Waals surface area (Å²) in [5.74, 6) is -1.44. The molecule has 25 heavy (non-hydrogen) atoms. The minimum atomic E-state index is -0.962. The second kappa shape index (κ2) is 6.83. The number of anilines is 1. The molecule has 0 unspecified atom stereocenters. The van der Waals surface area contributed by atoms with Crippen LogP contribution in [0, 0.1) is 15.9 Å². The molecule has 0 aliphatic rings. The van der Waals surface area contributed by atoms with Crippen LogP contribution in [-0.2, 0) is 0 Å². The average molecular weight is 377 g/mol. The summed E-state index contributed by atoms with van der Waals surface area (Å²) in [6, 6.07) is 8.00. The quantitative estimate of drug-likeness (QED) is 0.410. The zero-order chi connectivity index (χ0) is 18.0. The number of fused-ring (bicyclic) bond motifs is 1. The highest BCUT2D eigenvalue weighted by molar-refractivity contribution is 7.80. The molecule has 0 radical (unpaired) electrons. The Hall–Kier alpha value is -3.05. The highest BCUT2D eigenvalue weighted by Crippen LogP contribution is 2.21. The maximum atomic E-state index is 13.3. The van der Waals surface area contributed by atoms with Gasteiger partial charge in [-0.2, -0.15) is 13.1 Å². The first-order valence-electron chi connectivity index (χ1n) is 6.72. The molecule has 126 valence electrons. The number of carbonyl (C=O) groups is 1. The van der Waals surface area contributed by atoms with E-state index in [1.165, 1.54) is 6.07 Å². The number of amides is 1. The molecule has 0 saturated heterocycles. The van der Waals surface area contributed by atoms with Gasteiger partial charge in [0.05, 0.1) is 16.7 Å². The van der Waals surface area contributed by atoms with Gasteiger partial charge in [0.25, 0.3) is 5.91 Å². The Morgan fingerprint density at radius 2 is 1.96 bits per heavy atom. The molecule has 0 saturated carbocycles. The normalized spacial score (nSPS) is 10.4. The van der Waals surface area contributed by atoms with Crippen LogP contribution in [0.15, 0.2) is 36.4 Å². The predicted octanol–water partition coefficient (Wildman–Crippen LogP) is 2.87. The van der Waals surface area contributed by atoms with Crippen LogP contribution in [0.5, 0.6) is 0 Å². The van der Waals surface area contributed by atoms with Crippen molar-refractivity contribution in [2.45, 2.75) is 0 Å². The van der Waals surface area contributed by atoms with Crippen molar-refractivity contribution in [1.29, 1.82) is 0 Å². The van der Waals surface area contributed by atoms with Crippen LogP contribution in [0.1, 0.15) is 10.4 Å². The van der Waals surface area contributed by atoms with E-state index < -0.39 is 22.3 Å². The first-order valence-corrected chi connectivity index (χ1v) is 7.86. The number of carbonyl (C=O) groups excluding carboxylic acids is 1. The number of nitro benzene ring substituents is 1. The molecule has 0 atom stereocenters. The fourth-order valence-electron chi connectivity index (χ4n) is 1.99. The molecular formula is C14H8FN5O3S2. The molecule has 2 N–H and O–H groups in total. The lowest BCUT2D eigenvalue weighted by Gasteiger charge is -2.09. The van der Waals surface area contributed by atoms with Gasteiger partial charge >= 0.3 is 5.69 Å². The fourth-order valence-corrected chi connectivity index (χ4v) is 2.72.